The molecule has 0 fully saturated rings. The number of carbonyl (C=O) groups is 3. The van der Waals surface area contributed by atoms with Crippen molar-refractivity contribution in [1.82, 2.24) is 15.2 Å². The number of amides is 2. The van der Waals surface area contributed by atoms with Gasteiger partial charge in [-0.25, -0.2) is 4.79 Å². The van der Waals surface area contributed by atoms with E-state index in [2.05, 4.69) is 10.3 Å². The van der Waals surface area contributed by atoms with Crippen molar-refractivity contribution < 1.29 is 19.5 Å². The Morgan fingerprint density at radius 3 is 2.62 bits per heavy atom. The summed E-state index contributed by atoms with van der Waals surface area (Å²) in [5.41, 5.74) is 8.83. The van der Waals surface area contributed by atoms with Crippen LogP contribution in [0.2, 0.25) is 0 Å². The molecule has 0 aliphatic carbocycles. The van der Waals surface area contributed by atoms with Crippen molar-refractivity contribution >= 4 is 41.1 Å². The molecular formula is C25H29ClN4O4. The number of nitrogens with two attached hydrogens (primary N) is 1. The lowest BCUT2D eigenvalue weighted by Gasteiger charge is -2.33. The van der Waals surface area contributed by atoms with Crippen LogP contribution in [-0.4, -0.2) is 50.9 Å². The topological polar surface area (TPSA) is 129 Å². The first kappa shape index (κ1) is 25.3. The van der Waals surface area contributed by atoms with Crippen molar-refractivity contribution in [2.75, 3.05) is 6.54 Å². The van der Waals surface area contributed by atoms with Gasteiger partial charge in [0.2, 0.25) is 11.8 Å². The fourth-order valence-electron chi connectivity index (χ4n) is 4.16. The number of H-pyrrole nitrogens is 1. The van der Waals surface area contributed by atoms with Crippen LogP contribution in [0.5, 0.6) is 0 Å². The maximum Gasteiger partial charge on any atom is 0.335 e. The normalized spacial score (nSPS) is 14.1. The van der Waals surface area contributed by atoms with E-state index in [0.717, 1.165) is 27.6 Å². The van der Waals surface area contributed by atoms with Crippen LogP contribution >= 0.6 is 12.4 Å². The number of nitrogens with one attached hydrogen (secondary N) is 2. The van der Waals surface area contributed by atoms with Crippen molar-refractivity contribution in [2.45, 2.75) is 44.8 Å². The predicted octanol–water partition coefficient (Wildman–Crippen LogP) is 2.64. The number of halogens is 1. The second kappa shape index (κ2) is 9.87. The first-order valence-corrected chi connectivity index (χ1v) is 10.9. The van der Waals surface area contributed by atoms with Crippen molar-refractivity contribution in [3.63, 3.8) is 0 Å². The fourth-order valence-corrected chi connectivity index (χ4v) is 4.16. The third-order valence-electron chi connectivity index (χ3n) is 6.06. The number of carboxylic acids is 1. The minimum atomic E-state index is -1.12. The van der Waals surface area contributed by atoms with Gasteiger partial charge in [0.15, 0.2) is 0 Å². The number of para-hydroxylation sites is 1. The van der Waals surface area contributed by atoms with Gasteiger partial charge in [-0.1, -0.05) is 24.3 Å². The maximum absolute atomic E-state index is 13.6. The van der Waals surface area contributed by atoms with Crippen LogP contribution in [0.25, 0.3) is 10.9 Å². The van der Waals surface area contributed by atoms with E-state index in [1.165, 1.54) is 0 Å². The van der Waals surface area contributed by atoms with E-state index in [1.54, 1.807) is 36.9 Å². The lowest BCUT2D eigenvalue weighted by atomic mass is 9.95. The summed E-state index contributed by atoms with van der Waals surface area (Å²) >= 11 is 0. The summed E-state index contributed by atoms with van der Waals surface area (Å²) in [6.07, 6.45) is 2.74. The highest BCUT2D eigenvalue weighted by Crippen LogP contribution is 2.23. The summed E-state index contributed by atoms with van der Waals surface area (Å²) in [5, 5.41) is 13.1. The highest BCUT2D eigenvalue weighted by molar-refractivity contribution is 5.93. The number of carboxylic acid groups (broad SMARTS) is 1. The lowest BCUT2D eigenvalue weighted by molar-refractivity contribution is -0.138. The summed E-state index contributed by atoms with van der Waals surface area (Å²) < 4.78 is 0. The number of aromatic carboxylic acids is 1. The number of aromatic amines is 1. The Morgan fingerprint density at radius 2 is 1.91 bits per heavy atom. The molecule has 5 N–H and O–H groups in total. The lowest BCUT2D eigenvalue weighted by Crippen LogP contribution is -2.57. The molecule has 34 heavy (non-hydrogen) atoms. The number of rotatable bonds is 6. The zero-order valence-electron chi connectivity index (χ0n) is 19.1. The summed E-state index contributed by atoms with van der Waals surface area (Å²) in [7, 11) is 0. The van der Waals surface area contributed by atoms with Crippen molar-refractivity contribution in [1.29, 1.82) is 0 Å². The molecule has 1 unspecified atom stereocenters. The zero-order valence-corrected chi connectivity index (χ0v) is 19.9. The maximum atomic E-state index is 13.6. The van der Waals surface area contributed by atoms with Crippen molar-refractivity contribution in [3.05, 3.63) is 70.9 Å². The number of aromatic nitrogens is 1. The molecule has 0 saturated heterocycles. The van der Waals surface area contributed by atoms with Crippen LogP contribution in [0.3, 0.4) is 0 Å². The van der Waals surface area contributed by atoms with E-state index in [1.807, 2.05) is 30.5 Å². The molecule has 9 heteroatoms. The Balaban J connectivity index is 0.00000324. The van der Waals surface area contributed by atoms with E-state index >= 15 is 0 Å². The van der Waals surface area contributed by atoms with Gasteiger partial charge >= 0.3 is 5.97 Å². The molecule has 1 aliphatic rings. The molecule has 0 radical (unpaired) electrons. The summed E-state index contributed by atoms with van der Waals surface area (Å²) in [6.45, 7) is 4.01. The first-order valence-electron chi connectivity index (χ1n) is 10.9. The molecule has 8 nitrogen and oxygen atoms in total. The van der Waals surface area contributed by atoms with Gasteiger partial charge in [-0.3, -0.25) is 9.59 Å². The Bertz CT molecular complexity index is 1230. The standard InChI is InChI=1S/C25H28N4O4.ClH/c1-25(2,26)24(33)28-21(12-18-13-27-20-6-4-3-5-19(18)20)22(30)29-10-9-15-11-16(23(31)32)7-8-17(15)14-29;/h3-8,11,13,21,27H,9-10,12,14,26H2,1-2H3,(H,28,33)(H,31,32);1H. The third kappa shape index (κ3) is 5.24. The minimum absolute atomic E-state index is 0. The molecule has 1 atom stereocenters. The molecule has 1 aromatic heterocycles. The fraction of sp³-hybridized carbons (Fsp3) is 0.320. The van der Waals surface area contributed by atoms with Gasteiger partial charge in [0, 0.05) is 36.6 Å². The zero-order chi connectivity index (χ0) is 23.8. The summed E-state index contributed by atoms with van der Waals surface area (Å²) in [5.74, 6) is -1.56. The number of benzene rings is 2. The third-order valence-corrected chi connectivity index (χ3v) is 6.06. The molecule has 2 aromatic carbocycles. The SMILES string of the molecule is CC(C)(N)C(=O)NC(Cc1c[nH]c2ccccc12)C(=O)N1CCc2cc(C(=O)O)ccc2C1.Cl. The quantitative estimate of drug-likeness (QED) is 0.427. The van der Waals surface area contributed by atoms with E-state index in [4.69, 9.17) is 5.73 Å². The molecule has 3 aromatic rings. The molecule has 1 aliphatic heterocycles. The van der Waals surface area contributed by atoms with E-state index in [0.29, 0.717) is 25.9 Å². The van der Waals surface area contributed by atoms with Crippen LogP contribution in [0, 0.1) is 0 Å². The van der Waals surface area contributed by atoms with Gasteiger partial charge in [0.1, 0.15) is 6.04 Å². The minimum Gasteiger partial charge on any atom is -0.478 e. The van der Waals surface area contributed by atoms with Gasteiger partial charge in [0.05, 0.1) is 11.1 Å². The van der Waals surface area contributed by atoms with Gasteiger partial charge in [-0.2, -0.15) is 0 Å². The molecule has 2 amide bonds. The number of fused-ring (bicyclic) bond motifs is 2. The average Bonchev–Trinajstić information content (AvgIpc) is 3.19. The van der Waals surface area contributed by atoms with Crippen molar-refractivity contribution in [3.8, 4) is 0 Å². The van der Waals surface area contributed by atoms with Gasteiger partial charge in [0.25, 0.3) is 0 Å². The second-order valence-electron chi connectivity index (χ2n) is 9.11. The molecule has 0 spiro atoms. The van der Waals surface area contributed by atoms with Crippen molar-refractivity contribution in [2.24, 2.45) is 5.73 Å². The van der Waals surface area contributed by atoms with E-state index < -0.39 is 23.5 Å². The number of hydrogen-bond acceptors (Lipinski definition) is 4. The largest absolute Gasteiger partial charge is 0.478 e. The van der Waals surface area contributed by atoms with Crippen LogP contribution in [0.4, 0.5) is 0 Å². The highest BCUT2D eigenvalue weighted by atomic mass is 35.5. The van der Waals surface area contributed by atoms with E-state index in [9.17, 15) is 19.5 Å². The Labute approximate surface area is 203 Å². The van der Waals surface area contributed by atoms with Gasteiger partial charge < -0.3 is 26.0 Å². The molecule has 0 saturated carbocycles. The Morgan fingerprint density at radius 1 is 1.18 bits per heavy atom. The van der Waals surface area contributed by atoms with E-state index in [-0.39, 0.29) is 23.9 Å². The summed E-state index contributed by atoms with van der Waals surface area (Å²) in [6, 6.07) is 12.0. The number of hydrogen-bond donors (Lipinski definition) is 4. The van der Waals surface area contributed by atoms with Crippen LogP contribution in [-0.2, 0) is 29.0 Å². The first-order chi connectivity index (χ1) is 15.6. The molecule has 0 bridgehead atoms. The summed E-state index contributed by atoms with van der Waals surface area (Å²) in [4.78, 5) is 42.4. The molecule has 180 valence electrons. The van der Waals surface area contributed by atoms with Gasteiger partial charge in [-0.15, -0.1) is 12.4 Å². The smallest absolute Gasteiger partial charge is 0.335 e. The molecule has 2 heterocycles. The number of nitrogens with zero attached hydrogens (tertiary/aromatic N) is 1. The second-order valence-corrected chi connectivity index (χ2v) is 9.11. The average molecular weight is 485 g/mol. The Hall–Kier alpha value is -3.36. The molecule has 4 rings (SSSR count). The number of carbonyl (C=O) groups excluding carboxylic acids is 2. The van der Waals surface area contributed by atoms with Gasteiger partial charge in [-0.05, 0) is 55.2 Å². The van der Waals surface area contributed by atoms with Crippen LogP contribution in [0.15, 0.2) is 48.7 Å². The van der Waals surface area contributed by atoms with Crippen LogP contribution < -0.4 is 11.1 Å². The Kier molecular flexibility index (Phi) is 7.33. The van der Waals surface area contributed by atoms with Crippen LogP contribution in [0.1, 0.15) is 40.9 Å². The molecular weight excluding hydrogens is 456 g/mol. The predicted molar refractivity (Wildman–Crippen MR) is 132 cm³/mol. The monoisotopic (exact) mass is 484 g/mol. The highest BCUT2D eigenvalue weighted by Gasteiger charge is 2.32.